The molecule has 0 saturated carbocycles. The van der Waals surface area contributed by atoms with Crippen LogP contribution in [0.2, 0.25) is 0 Å². The minimum Gasteiger partial charge on any atom is -0.759 e. The quantitative estimate of drug-likeness (QED) is 0.459. The van der Waals surface area contributed by atoms with Gasteiger partial charge in [-0.25, -0.2) is 0 Å². The average Bonchev–Trinajstić information content (AvgIpc) is 1.69. The summed E-state index contributed by atoms with van der Waals surface area (Å²) in [5.41, 5.74) is 0. The summed E-state index contributed by atoms with van der Waals surface area (Å²) < 4.78 is 0. The third-order valence-corrected chi connectivity index (χ3v) is 0.835. The van der Waals surface area contributed by atoms with Crippen molar-refractivity contribution in [2.24, 2.45) is 0 Å². The zero-order valence-electron chi connectivity index (χ0n) is 3.92. The maximum atomic E-state index is 10.3. The number of hydrogen-bond donors (Lipinski definition) is 1. The summed E-state index contributed by atoms with van der Waals surface area (Å²) in [4.78, 5) is 0. The second-order valence-corrected chi connectivity index (χ2v) is 1.41. The molecule has 0 aromatic heterocycles. The lowest BCUT2D eigenvalue weighted by Gasteiger charge is -2.28. The van der Waals surface area contributed by atoms with E-state index in [0.29, 0.717) is 6.54 Å². The SMILES string of the molecule is [O-]N1C=CNCC1. The van der Waals surface area contributed by atoms with E-state index in [0.717, 1.165) is 11.6 Å². The highest BCUT2D eigenvalue weighted by Gasteiger charge is 1.86. The first-order valence-electron chi connectivity index (χ1n) is 2.23. The van der Waals surface area contributed by atoms with Crippen LogP contribution >= 0.6 is 0 Å². The Morgan fingerprint density at radius 3 is 2.86 bits per heavy atom. The van der Waals surface area contributed by atoms with Crippen molar-refractivity contribution in [3.8, 4) is 0 Å². The molecule has 1 aliphatic heterocycles. The van der Waals surface area contributed by atoms with Crippen molar-refractivity contribution in [3.05, 3.63) is 17.6 Å². The van der Waals surface area contributed by atoms with E-state index in [2.05, 4.69) is 5.32 Å². The van der Waals surface area contributed by atoms with Crippen LogP contribution in [0.15, 0.2) is 12.4 Å². The van der Waals surface area contributed by atoms with Crippen LogP contribution in [0.5, 0.6) is 0 Å². The Hall–Kier alpha value is -0.700. The van der Waals surface area contributed by atoms with Crippen LogP contribution in [0, 0.1) is 5.21 Å². The van der Waals surface area contributed by atoms with Crippen molar-refractivity contribution >= 4 is 0 Å². The normalized spacial score (nSPS) is 19.3. The van der Waals surface area contributed by atoms with Gasteiger partial charge in [0.1, 0.15) is 0 Å². The van der Waals surface area contributed by atoms with E-state index in [1.807, 2.05) is 0 Å². The van der Waals surface area contributed by atoms with Gasteiger partial charge in [0.2, 0.25) is 0 Å². The number of hydrogen-bond acceptors (Lipinski definition) is 3. The van der Waals surface area contributed by atoms with Gasteiger partial charge in [-0.2, -0.15) is 0 Å². The zero-order chi connectivity index (χ0) is 5.11. The Bertz CT molecular complexity index is 81.8. The highest BCUT2D eigenvalue weighted by Crippen LogP contribution is 1.86. The van der Waals surface area contributed by atoms with Gasteiger partial charge in [0.15, 0.2) is 0 Å². The lowest BCUT2D eigenvalue weighted by atomic mass is 10.5. The van der Waals surface area contributed by atoms with Gasteiger partial charge >= 0.3 is 0 Å². The summed E-state index contributed by atoms with van der Waals surface area (Å²) in [6.07, 6.45) is 3.12. The van der Waals surface area contributed by atoms with E-state index in [-0.39, 0.29) is 0 Å². The van der Waals surface area contributed by atoms with Gasteiger partial charge in [0, 0.05) is 25.5 Å². The van der Waals surface area contributed by atoms with Crippen molar-refractivity contribution in [2.75, 3.05) is 13.1 Å². The van der Waals surface area contributed by atoms with E-state index in [1.165, 1.54) is 6.20 Å². The first-order chi connectivity index (χ1) is 3.39. The molecule has 0 bridgehead atoms. The first kappa shape index (κ1) is 4.46. The zero-order valence-corrected chi connectivity index (χ0v) is 3.92. The van der Waals surface area contributed by atoms with E-state index in [1.54, 1.807) is 6.20 Å². The molecule has 0 spiro atoms. The maximum Gasteiger partial charge on any atom is 0.0309 e. The van der Waals surface area contributed by atoms with Crippen LogP contribution < -0.4 is 5.32 Å². The van der Waals surface area contributed by atoms with Crippen LogP contribution in [0.1, 0.15) is 0 Å². The molecule has 40 valence electrons. The molecule has 0 saturated heterocycles. The van der Waals surface area contributed by atoms with Crippen molar-refractivity contribution in [2.45, 2.75) is 0 Å². The molecule has 1 N–H and O–H groups in total. The second kappa shape index (κ2) is 1.84. The Balaban J connectivity index is 2.36. The molecule has 0 aliphatic carbocycles. The monoisotopic (exact) mass is 99.1 g/mol. The van der Waals surface area contributed by atoms with Gasteiger partial charge in [-0.3, -0.25) is 0 Å². The number of rotatable bonds is 0. The highest BCUT2D eigenvalue weighted by atomic mass is 16.5. The molecule has 7 heavy (non-hydrogen) atoms. The Labute approximate surface area is 42.2 Å². The van der Waals surface area contributed by atoms with Crippen LogP contribution in [0.3, 0.4) is 0 Å². The van der Waals surface area contributed by atoms with E-state index < -0.39 is 0 Å². The van der Waals surface area contributed by atoms with Gasteiger partial charge in [-0.15, -0.1) is 0 Å². The van der Waals surface area contributed by atoms with Crippen molar-refractivity contribution < 1.29 is 0 Å². The third-order valence-electron chi connectivity index (χ3n) is 0.835. The largest absolute Gasteiger partial charge is 0.759 e. The average molecular weight is 99.1 g/mol. The van der Waals surface area contributed by atoms with Gasteiger partial charge in [0.05, 0.1) is 0 Å². The molecule has 3 heteroatoms. The smallest absolute Gasteiger partial charge is 0.0309 e. The van der Waals surface area contributed by atoms with Crippen molar-refractivity contribution in [1.82, 2.24) is 10.4 Å². The minimum atomic E-state index is 0.566. The summed E-state index contributed by atoms with van der Waals surface area (Å²) in [7, 11) is 0. The predicted octanol–water partition coefficient (Wildman–Crippen LogP) is -0.139. The van der Waals surface area contributed by atoms with Crippen LogP contribution in [0.25, 0.3) is 0 Å². The fourth-order valence-corrected chi connectivity index (χ4v) is 0.468. The van der Waals surface area contributed by atoms with E-state index in [4.69, 9.17) is 0 Å². The fraction of sp³-hybridized carbons (Fsp3) is 0.500. The first-order valence-corrected chi connectivity index (χ1v) is 2.23. The summed E-state index contributed by atoms with van der Waals surface area (Å²) in [5, 5.41) is 14.0. The van der Waals surface area contributed by atoms with Crippen molar-refractivity contribution in [1.29, 1.82) is 0 Å². The Morgan fingerprint density at radius 1 is 1.71 bits per heavy atom. The van der Waals surface area contributed by atoms with Crippen molar-refractivity contribution in [3.63, 3.8) is 0 Å². The van der Waals surface area contributed by atoms with Crippen LogP contribution in [-0.4, -0.2) is 18.2 Å². The van der Waals surface area contributed by atoms with Gasteiger partial charge in [0.25, 0.3) is 0 Å². The number of nitrogens with zero attached hydrogens (tertiary/aromatic N) is 1. The Kier molecular flexibility index (Phi) is 1.17. The summed E-state index contributed by atoms with van der Waals surface area (Å²) in [5.74, 6) is 0. The van der Waals surface area contributed by atoms with E-state index >= 15 is 0 Å². The summed E-state index contributed by atoms with van der Waals surface area (Å²) in [6, 6.07) is 0. The molecule has 1 aliphatic rings. The molecular weight excluding hydrogens is 92.1 g/mol. The minimum absolute atomic E-state index is 0.566. The third kappa shape index (κ3) is 1.08. The molecule has 3 nitrogen and oxygen atoms in total. The standard InChI is InChI=1S/C4H7N2O/c7-6-3-1-5-2-4-6/h1,3,5H,2,4H2/q-1. The molecule has 1 heterocycles. The molecule has 0 atom stereocenters. The molecule has 0 aromatic carbocycles. The summed E-state index contributed by atoms with van der Waals surface area (Å²) in [6.45, 7) is 1.33. The Morgan fingerprint density at radius 2 is 2.57 bits per heavy atom. The maximum absolute atomic E-state index is 10.3. The lowest BCUT2D eigenvalue weighted by Crippen LogP contribution is -2.26. The predicted molar refractivity (Wildman–Crippen MR) is 27.2 cm³/mol. The topological polar surface area (TPSA) is 38.3 Å². The fourth-order valence-electron chi connectivity index (χ4n) is 0.468. The number of nitrogens with one attached hydrogen (secondary N) is 1. The second-order valence-electron chi connectivity index (χ2n) is 1.41. The molecular formula is C4H7N2O-. The molecule has 0 radical (unpaired) electrons. The highest BCUT2D eigenvalue weighted by molar-refractivity contribution is 4.86. The van der Waals surface area contributed by atoms with Crippen LogP contribution in [-0.2, 0) is 0 Å². The molecule has 0 aromatic rings. The van der Waals surface area contributed by atoms with E-state index in [9.17, 15) is 5.21 Å². The summed E-state index contributed by atoms with van der Waals surface area (Å²) >= 11 is 0. The van der Waals surface area contributed by atoms with Gasteiger partial charge < -0.3 is 15.6 Å². The van der Waals surface area contributed by atoms with Crippen LogP contribution in [0.4, 0.5) is 0 Å². The number of hydroxylamine groups is 2. The molecule has 0 fully saturated rings. The van der Waals surface area contributed by atoms with Gasteiger partial charge in [-0.1, -0.05) is 0 Å². The van der Waals surface area contributed by atoms with Gasteiger partial charge in [-0.05, 0) is 0 Å². The molecule has 1 rings (SSSR count). The molecule has 0 unspecified atom stereocenters. The lowest BCUT2D eigenvalue weighted by molar-refractivity contribution is 0.476. The molecule has 0 amide bonds.